The van der Waals surface area contributed by atoms with E-state index in [1.54, 1.807) is 18.2 Å². The number of likely N-dealkylation sites (N-methyl/N-ethyl adjacent to an activating group) is 1. The maximum atomic E-state index is 13.7. The largest absolute Gasteiger partial charge is 0.395 e. The minimum absolute atomic E-state index is 0.194. The van der Waals surface area contributed by atoms with Gasteiger partial charge in [0.05, 0.1) is 12.2 Å². The van der Waals surface area contributed by atoms with Crippen molar-refractivity contribution >= 4 is 0 Å². The third kappa shape index (κ3) is 3.84. The summed E-state index contributed by atoms with van der Waals surface area (Å²) in [4.78, 5) is 4.89. The van der Waals surface area contributed by atoms with Gasteiger partial charge in [0.2, 0.25) is 0 Å². The van der Waals surface area contributed by atoms with Crippen LogP contribution in [0.4, 0.5) is 4.39 Å². The summed E-state index contributed by atoms with van der Waals surface area (Å²) < 4.78 is 13.7. The second kappa shape index (κ2) is 8.45. The average molecular weight is 378 g/mol. The van der Waals surface area contributed by atoms with E-state index in [2.05, 4.69) is 40.8 Å². The molecule has 2 aliphatic rings. The van der Waals surface area contributed by atoms with Crippen LogP contribution in [0.3, 0.4) is 0 Å². The standard InChI is InChI=1S/C24H27FN2O/c1-26-14-4-5-15-27-22(16-26)24(23(27)17-28)20-12-9-18(10-13-20)8-11-19-6-2-3-7-21(19)25/h2-3,6-7,9-10,12-13,22-24,28H,4-5,14-17H2,1H3/t22-,23-,24+/m0/s1. The topological polar surface area (TPSA) is 26.7 Å². The highest BCUT2D eigenvalue weighted by Gasteiger charge is 2.48. The van der Waals surface area contributed by atoms with Gasteiger partial charge in [-0.1, -0.05) is 36.1 Å². The van der Waals surface area contributed by atoms with E-state index >= 15 is 0 Å². The summed E-state index contributed by atoms with van der Waals surface area (Å²) in [6.07, 6.45) is 2.41. The van der Waals surface area contributed by atoms with Crippen molar-refractivity contribution < 1.29 is 9.50 Å². The Balaban J connectivity index is 1.52. The van der Waals surface area contributed by atoms with Gasteiger partial charge in [-0.3, -0.25) is 4.90 Å². The van der Waals surface area contributed by atoms with E-state index in [0.29, 0.717) is 17.5 Å². The van der Waals surface area contributed by atoms with Gasteiger partial charge in [0.15, 0.2) is 0 Å². The number of aliphatic hydroxyl groups excluding tert-OH is 1. The molecule has 0 bridgehead atoms. The molecule has 2 aliphatic heterocycles. The number of rotatable bonds is 2. The molecule has 0 radical (unpaired) electrons. The molecule has 28 heavy (non-hydrogen) atoms. The molecule has 2 saturated heterocycles. The van der Waals surface area contributed by atoms with Crippen LogP contribution in [0.1, 0.15) is 35.4 Å². The Morgan fingerprint density at radius 3 is 2.54 bits per heavy atom. The number of halogens is 1. The van der Waals surface area contributed by atoms with Crippen LogP contribution in [0.15, 0.2) is 48.5 Å². The van der Waals surface area contributed by atoms with Crippen LogP contribution in [0.2, 0.25) is 0 Å². The molecule has 3 nitrogen and oxygen atoms in total. The third-order valence-electron chi connectivity index (χ3n) is 6.08. The lowest BCUT2D eigenvalue weighted by molar-refractivity contribution is -0.0614. The smallest absolute Gasteiger partial charge is 0.138 e. The zero-order chi connectivity index (χ0) is 19.5. The lowest BCUT2D eigenvalue weighted by atomic mass is 9.74. The fourth-order valence-corrected chi connectivity index (χ4v) is 4.60. The molecule has 2 aromatic carbocycles. The van der Waals surface area contributed by atoms with E-state index in [1.807, 2.05) is 12.1 Å². The van der Waals surface area contributed by atoms with E-state index in [9.17, 15) is 9.50 Å². The van der Waals surface area contributed by atoms with Crippen molar-refractivity contribution in [3.63, 3.8) is 0 Å². The van der Waals surface area contributed by atoms with Crippen LogP contribution >= 0.6 is 0 Å². The third-order valence-corrected chi connectivity index (χ3v) is 6.08. The Bertz CT molecular complexity index is 870. The highest BCUT2D eigenvalue weighted by molar-refractivity contribution is 5.44. The SMILES string of the molecule is CN1CCCCN2[C@@H](CO)[C@H](c3ccc(C#Cc4ccccc4F)cc3)[C@@H]2C1. The molecule has 146 valence electrons. The lowest BCUT2D eigenvalue weighted by Gasteiger charge is -2.57. The predicted molar refractivity (Wildman–Crippen MR) is 110 cm³/mol. The summed E-state index contributed by atoms with van der Waals surface area (Å²) >= 11 is 0. The van der Waals surface area contributed by atoms with Crippen LogP contribution in [0.25, 0.3) is 0 Å². The van der Waals surface area contributed by atoms with Gasteiger partial charge in [-0.2, -0.15) is 0 Å². The molecule has 1 N–H and O–H groups in total. The molecule has 0 aliphatic carbocycles. The van der Waals surface area contributed by atoms with E-state index in [0.717, 1.165) is 25.2 Å². The molecule has 0 aromatic heterocycles. The van der Waals surface area contributed by atoms with Crippen LogP contribution in [0, 0.1) is 17.7 Å². The summed E-state index contributed by atoms with van der Waals surface area (Å²) in [6, 6.07) is 15.5. The van der Waals surface area contributed by atoms with Crippen LogP contribution in [-0.4, -0.2) is 60.3 Å². The Morgan fingerprint density at radius 2 is 1.79 bits per heavy atom. The zero-order valence-corrected chi connectivity index (χ0v) is 16.3. The van der Waals surface area contributed by atoms with Gasteiger partial charge in [-0.05, 0) is 62.8 Å². The molecule has 3 atom stereocenters. The number of hydrogen-bond donors (Lipinski definition) is 1. The van der Waals surface area contributed by atoms with Crippen LogP contribution in [0.5, 0.6) is 0 Å². The first-order valence-corrected chi connectivity index (χ1v) is 10.1. The summed E-state index contributed by atoms with van der Waals surface area (Å²) in [5.74, 6) is 6.02. The molecule has 4 heteroatoms. The molecule has 0 amide bonds. The maximum absolute atomic E-state index is 13.7. The number of aliphatic hydroxyl groups is 1. The predicted octanol–water partition coefficient (Wildman–Crippen LogP) is 3.08. The normalized spacial score (nSPS) is 25.6. The molecule has 2 aromatic rings. The van der Waals surface area contributed by atoms with Crippen molar-refractivity contribution in [3.8, 4) is 11.8 Å². The van der Waals surface area contributed by atoms with Crippen molar-refractivity contribution in [2.45, 2.75) is 30.8 Å². The van der Waals surface area contributed by atoms with Gasteiger partial charge in [0, 0.05) is 30.1 Å². The second-order valence-electron chi connectivity index (χ2n) is 7.90. The lowest BCUT2D eigenvalue weighted by Crippen LogP contribution is -2.67. The van der Waals surface area contributed by atoms with Crippen molar-refractivity contribution in [2.24, 2.45) is 0 Å². The van der Waals surface area contributed by atoms with Crippen LogP contribution in [-0.2, 0) is 0 Å². The van der Waals surface area contributed by atoms with Crippen molar-refractivity contribution in [1.82, 2.24) is 9.80 Å². The van der Waals surface area contributed by atoms with Gasteiger partial charge in [0.25, 0.3) is 0 Å². The number of benzene rings is 2. The molecular formula is C24H27FN2O. The molecule has 2 heterocycles. The Hall–Kier alpha value is -2.19. The van der Waals surface area contributed by atoms with Gasteiger partial charge in [-0.25, -0.2) is 4.39 Å². The number of nitrogens with zero attached hydrogens (tertiary/aromatic N) is 2. The minimum Gasteiger partial charge on any atom is -0.395 e. The number of fused-ring (bicyclic) bond motifs is 1. The average Bonchev–Trinajstić information content (AvgIpc) is 2.69. The van der Waals surface area contributed by atoms with Crippen LogP contribution < -0.4 is 0 Å². The van der Waals surface area contributed by atoms with E-state index < -0.39 is 0 Å². The fourth-order valence-electron chi connectivity index (χ4n) is 4.60. The first-order chi connectivity index (χ1) is 13.7. The first kappa shape index (κ1) is 19.1. The summed E-state index contributed by atoms with van der Waals surface area (Å²) in [5.41, 5.74) is 2.54. The highest BCUT2D eigenvalue weighted by Crippen LogP contribution is 2.41. The number of hydrogen-bond acceptors (Lipinski definition) is 3. The fraction of sp³-hybridized carbons (Fsp3) is 0.417. The van der Waals surface area contributed by atoms with E-state index in [4.69, 9.17) is 0 Å². The molecular weight excluding hydrogens is 351 g/mol. The summed E-state index contributed by atoms with van der Waals surface area (Å²) in [6.45, 7) is 3.45. The molecule has 0 spiro atoms. The molecule has 0 unspecified atom stereocenters. The molecule has 4 rings (SSSR count). The van der Waals surface area contributed by atoms with Gasteiger partial charge in [0.1, 0.15) is 5.82 Å². The minimum atomic E-state index is -0.291. The van der Waals surface area contributed by atoms with Gasteiger partial charge in [-0.15, -0.1) is 0 Å². The van der Waals surface area contributed by atoms with Gasteiger partial charge < -0.3 is 10.0 Å². The summed E-state index contributed by atoms with van der Waals surface area (Å²) in [5, 5.41) is 9.96. The molecule has 2 fully saturated rings. The highest BCUT2D eigenvalue weighted by atomic mass is 19.1. The second-order valence-corrected chi connectivity index (χ2v) is 7.90. The maximum Gasteiger partial charge on any atom is 0.138 e. The Morgan fingerprint density at radius 1 is 1.04 bits per heavy atom. The van der Waals surface area contributed by atoms with E-state index in [-0.39, 0.29) is 18.5 Å². The van der Waals surface area contributed by atoms with Gasteiger partial charge >= 0.3 is 0 Å². The zero-order valence-electron chi connectivity index (χ0n) is 16.3. The quantitative estimate of drug-likeness (QED) is 0.814. The Labute approximate surface area is 166 Å². The monoisotopic (exact) mass is 378 g/mol. The van der Waals surface area contributed by atoms with Crippen molar-refractivity contribution in [1.29, 1.82) is 0 Å². The summed E-state index contributed by atoms with van der Waals surface area (Å²) in [7, 11) is 2.19. The first-order valence-electron chi connectivity index (χ1n) is 10.1. The van der Waals surface area contributed by atoms with Crippen molar-refractivity contribution in [2.75, 3.05) is 33.3 Å². The molecule has 0 saturated carbocycles. The Kier molecular flexibility index (Phi) is 5.77. The van der Waals surface area contributed by atoms with Crippen molar-refractivity contribution in [3.05, 3.63) is 71.0 Å². The van der Waals surface area contributed by atoms with E-state index in [1.165, 1.54) is 24.5 Å².